The monoisotopic (exact) mass is 439 g/mol. The number of amides is 1. The van der Waals surface area contributed by atoms with Gasteiger partial charge in [0.25, 0.3) is 5.91 Å². The minimum absolute atomic E-state index is 0.0518. The molecule has 2 aromatic rings. The summed E-state index contributed by atoms with van der Waals surface area (Å²) in [6.45, 7) is 6.91. The van der Waals surface area contributed by atoms with Crippen molar-refractivity contribution in [1.82, 2.24) is 10.3 Å². The van der Waals surface area contributed by atoms with Crippen molar-refractivity contribution in [2.75, 3.05) is 6.61 Å². The molecule has 0 saturated carbocycles. The number of benzene rings is 1. The Kier molecular flexibility index (Phi) is 5.60. The van der Waals surface area contributed by atoms with E-state index in [1.165, 1.54) is 12.1 Å². The highest BCUT2D eigenvalue weighted by molar-refractivity contribution is 6.00. The van der Waals surface area contributed by atoms with E-state index in [1.807, 2.05) is 0 Å². The lowest BCUT2D eigenvalue weighted by molar-refractivity contribution is -0.163. The van der Waals surface area contributed by atoms with Crippen LogP contribution in [0.5, 0.6) is 0 Å². The number of ether oxygens (including phenoxy) is 1. The average Bonchev–Trinajstić information content (AvgIpc) is 2.78. The van der Waals surface area contributed by atoms with Crippen LogP contribution in [0.3, 0.4) is 0 Å². The van der Waals surface area contributed by atoms with Crippen molar-refractivity contribution >= 4 is 22.8 Å². The number of nitrogens with zero attached hydrogens (tertiary/aromatic N) is 1. The van der Waals surface area contributed by atoms with Gasteiger partial charge in [0.15, 0.2) is 5.60 Å². The van der Waals surface area contributed by atoms with E-state index in [9.17, 15) is 19.1 Å². The number of esters is 1. The quantitative estimate of drug-likeness (QED) is 0.617. The summed E-state index contributed by atoms with van der Waals surface area (Å²) in [5.41, 5.74) is 8.45. The highest BCUT2D eigenvalue weighted by Crippen LogP contribution is 2.38. The molecule has 2 atom stereocenters. The Hall–Kier alpha value is -3.10. The number of aliphatic hydroxyl groups is 1. The van der Waals surface area contributed by atoms with Crippen molar-refractivity contribution in [1.29, 1.82) is 0 Å². The first-order valence-electron chi connectivity index (χ1n) is 10.6. The number of halogens is 1. The lowest BCUT2D eigenvalue weighted by Gasteiger charge is -2.32. The third-order valence-corrected chi connectivity index (χ3v) is 6.57. The van der Waals surface area contributed by atoms with Gasteiger partial charge in [-0.2, -0.15) is 0 Å². The number of hydrogen-bond donors (Lipinski definition) is 3. The van der Waals surface area contributed by atoms with Crippen LogP contribution in [-0.2, 0) is 27.3 Å². The van der Waals surface area contributed by atoms with E-state index < -0.39 is 17.5 Å². The summed E-state index contributed by atoms with van der Waals surface area (Å²) in [5, 5.41) is 14.4. The molecule has 0 fully saturated rings. The van der Waals surface area contributed by atoms with Crippen LogP contribution in [0.4, 0.5) is 4.39 Å². The maximum absolute atomic E-state index is 14.3. The Balaban J connectivity index is 1.69. The second-order valence-corrected chi connectivity index (χ2v) is 8.27. The van der Waals surface area contributed by atoms with Crippen LogP contribution >= 0.6 is 0 Å². The SMILES string of the molecule is C=CC1=C(C(=O)NCc2cnc3cc(F)c(C)c4c3c2[C@@H](N)CC4)COC(=O)[C@]1(O)CC. The highest BCUT2D eigenvalue weighted by Gasteiger charge is 2.44. The van der Waals surface area contributed by atoms with E-state index >= 15 is 0 Å². The molecule has 1 amide bonds. The van der Waals surface area contributed by atoms with Gasteiger partial charge in [0.1, 0.15) is 12.4 Å². The predicted octanol–water partition coefficient (Wildman–Crippen LogP) is 2.43. The van der Waals surface area contributed by atoms with Gasteiger partial charge in [-0.05, 0) is 48.4 Å². The molecule has 0 radical (unpaired) electrons. The number of nitrogens with one attached hydrogen (secondary N) is 1. The van der Waals surface area contributed by atoms with E-state index in [-0.39, 0.29) is 42.6 Å². The van der Waals surface area contributed by atoms with E-state index in [0.29, 0.717) is 23.9 Å². The zero-order valence-corrected chi connectivity index (χ0v) is 18.1. The molecule has 1 aromatic heterocycles. The standard InChI is InChI=1S/C24H26FN3O4/c1-4-16-15(11-32-23(30)24(16,31)5-2)22(29)28-10-13-9-27-19-8-17(25)12(3)14-6-7-18(26)20(13)21(14)19/h4,8-9,18,31H,1,5-7,10-11,26H2,2-3H3,(H,28,29)/t18-,24-/m0/s1. The maximum atomic E-state index is 14.3. The highest BCUT2D eigenvalue weighted by atomic mass is 19.1. The number of carbonyl (C=O) groups is 2. The Morgan fingerprint density at radius 2 is 2.28 bits per heavy atom. The molecule has 0 unspecified atom stereocenters. The average molecular weight is 439 g/mol. The zero-order chi connectivity index (χ0) is 23.2. The van der Waals surface area contributed by atoms with Gasteiger partial charge < -0.3 is 20.9 Å². The number of aromatic nitrogens is 1. The maximum Gasteiger partial charge on any atom is 0.343 e. The van der Waals surface area contributed by atoms with Gasteiger partial charge >= 0.3 is 5.97 Å². The first kappa shape index (κ1) is 22.1. The summed E-state index contributed by atoms with van der Waals surface area (Å²) in [6.07, 6.45) is 4.31. The van der Waals surface area contributed by atoms with Crippen LogP contribution in [0.15, 0.2) is 36.1 Å². The van der Waals surface area contributed by atoms with Crippen molar-refractivity contribution < 1.29 is 23.8 Å². The molecule has 0 saturated heterocycles. The minimum Gasteiger partial charge on any atom is -0.458 e. The summed E-state index contributed by atoms with van der Waals surface area (Å²) in [4.78, 5) is 29.4. The van der Waals surface area contributed by atoms with Crippen LogP contribution in [0.1, 0.15) is 48.1 Å². The van der Waals surface area contributed by atoms with Gasteiger partial charge in [-0.3, -0.25) is 9.78 Å². The summed E-state index contributed by atoms with van der Waals surface area (Å²) < 4.78 is 19.3. The van der Waals surface area contributed by atoms with Gasteiger partial charge in [0.05, 0.1) is 11.1 Å². The zero-order valence-electron chi connectivity index (χ0n) is 18.1. The third kappa shape index (κ3) is 3.30. The molecule has 4 rings (SSSR count). The molecule has 0 spiro atoms. The van der Waals surface area contributed by atoms with Crippen LogP contribution < -0.4 is 11.1 Å². The summed E-state index contributed by atoms with van der Waals surface area (Å²) >= 11 is 0. The molecule has 2 aliphatic rings. The Labute approximate surface area is 185 Å². The van der Waals surface area contributed by atoms with Crippen LogP contribution in [0.25, 0.3) is 10.9 Å². The van der Waals surface area contributed by atoms with Gasteiger partial charge in [-0.25, -0.2) is 9.18 Å². The fourth-order valence-electron chi connectivity index (χ4n) is 4.68. The lowest BCUT2D eigenvalue weighted by Crippen LogP contribution is -2.47. The Bertz CT molecular complexity index is 1190. The van der Waals surface area contributed by atoms with Gasteiger partial charge in [-0.15, -0.1) is 0 Å². The van der Waals surface area contributed by atoms with Gasteiger partial charge in [-0.1, -0.05) is 19.6 Å². The van der Waals surface area contributed by atoms with Crippen LogP contribution in [0.2, 0.25) is 0 Å². The molecule has 168 valence electrons. The number of nitrogens with two attached hydrogens (primary N) is 1. The molecule has 4 N–H and O–H groups in total. The Morgan fingerprint density at radius 3 is 2.97 bits per heavy atom. The smallest absolute Gasteiger partial charge is 0.343 e. The number of cyclic esters (lactones) is 1. The van der Waals surface area contributed by atoms with Crippen molar-refractivity contribution in [3.05, 3.63) is 64.1 Å². The van der Waals surface area contributed by atoms with Crippen molar-refractivity contribution in [2.24, 2.45) is 5.73 Å². The first-order valence-corrected chi connectivity index (χ1v) is 10.6. The fourth-order valence-corrected chi connectivity index (χ4v) is 4.68. The number of hydrogen-bond acceptors (Lipinski definition) is 6. The lowest BCUT2D eigenvalue weighted by atomic mass is 9.83. The topological polar surface area (TPSA) is 115 Å². The van der Waals surface area contributed by atoms with E-state index in [0.717, 1.165) is 22.1 Å². The molecule has 0 bridgehead atoms. The van der Waals surface area contributed by atoms with Crippen molar-refractivity contribution in [3.8, 4) is 0 Å². The van der Waals surface area contributed by atoms with Gasteiger partial charge in [0.2, 0.25) is 0 Å². The van der Waals surface area contributed by atoms with E-state index in [4.69, 9.17) is 10.5 Å². The molecular weight excluding hydrogens is 413 g/mol. The summed E-state index contributed by atoms with van der Waals surface area (Å²) in [5.74, 6) is -1.57. The van der Waals surface area contributed by atoms with E-state index in [2.05, 4.69) is 16.9 Å². The Morgan fingerprint density at radius 1 is 1.53 bits per heavy atom. The number of rotatable bonds is 5. The van der Waals surface area contributed by atoms with Gasteiger partial charge in [0, 0.05) is 35.8 Å². The second kappa shape index (κ2) is 8.11. The van der Waals surface area contributed by atoms with Crippen molar-refractivity contribution in [2.45, 2.75) is 51.3 Å². The molecule has 8 heteroatoms. The summed E-state index contributed by atoms with van der Waals surface area (Å²) in [6, 6.07) is 1.16. The number of aryl methyl sites for hydroxylation is 1. The number of carbonyl (C=O) groups excluding carboxylic acids is 2. The second-order valence-electron chi connectivity index (χ2n) is 8.27. The minimum atomic E-state index is -1.90. The molecule has 1 aromatic carbocycles. The van der Waals surface area contributed by atoms with E-state index in [1.54, 1.807) is 20.0 Å². The first-order chi connectivity index (χ1) is 15.2. The largest absolute Gasteiger partial charge is 0.458 e. The van der Waals surface area contributed by atoms with Crippen molar-refractivity contribution in [3.63, 3.8) is 0 Å². The molecular formula is C24H26FN3O4. The molecule has 2 heterocycles. The number of pyridine rings is 1. The normalized spacial score (nSPS) is 22.7. The van der Waals surface area contributed by atoms with Crippen LogP contribution in [0, 0.1) is 12.7 Å². The predicted molar refractivity (Wildman–Crippen MR) is 117 cm³/mol. The molecule has 7 nitrogen and oxygen atoms in total. The fraction of sp³-hybridized carbons (Fsp3) is 0.375. The third-order valence-electron chi connectivity index (χ3n) is 6.57. The molecule has 1 aliphatic heterocycles. The van der Waals surface area contributed by atoms with Crippen LogP contribution in [-0.4, -0.2) is 34.2 Å². The molecule has 1 aliphatic carbocycles. The molecule has 32 heavy (non-hydrogen) atoms. The summed E-state index contributed by atoms with van der Waals surface area (Å²) in [7, 11) is 0.